The molecule has 0 saturated heterocycles. The van der Waals surface area contributed by atoms with Gasteiger partial charge in [0.05, 0.1) is 23.6 Å². The first-order valence-corrected chi connectivity index (χ1v) is 9.22. The van der Waals surface area contributed by atoms with E-state index in [1.807, 2.05) is 31.2 Å². The van der Waals surface area contributed by atoms with Crippen LogP contribution in [0.1, 0.15) is 12.5 Å². The number of rotatable bonds is 7. The zero-order chi connectivity index (χ0) is 17.7. The molecular formula is C17H20ClNO4S. The van der Waals surface area contributed by atoms with Gasteiger partial charge < -0.3 is 9.47 Å². The first kappa shape index (κ1) is 18.6. The van der Waals surface area contributed by atoms with Gasteiger partial charge in [-0.15, -0.1) is 0 Å². The molecule has 0 aliphatic rings. The average molecular weight is 370 g/mol. The molecule has 0 fully saturated rings. The van der Waals surface area contributed by atoms with Crippen LogP contribution >= 0.6 is 11.6 Å². The van der Waals surface area contributed by atoms with Crippen molar-refractivity contribution >= 4 is 21.6 Å². The van der Waals surface area contributed by atoms with Gasteiger partial charge in [-0.2, -0.15) is 4.31 Å². The summed E-state index contributed by atoms with van der Waals surface area (Å²) in [7, 11) is -0.632. The van der Waals surface area contributed by atoms with E-state index in [4.69, 9.17) is 21.1 Å². The summed E-state index contributed by atoms with van der Waals surface area (Å²) in [5.74, 6) is 1.19. The number of ether oxygens (including phenoxy) is 2. The molecule has 2 aromatic carbocycles. The highest BCUT2D eigenvalue weighted by Crippen LogP contribution is 2.28. The fourth-order valence-corrected chi connectivity index (χ4v) is 3.70. The lowest BCUT2D eigenvalue weighted by atomic mass is 10.2. The van der Waals surface area contributed by atoms with Crippen LogP contribution in [-0.4, -0.2) is 33.5 Å². The highest BCUT2D eigenvalue weighted by atomic mass is 35.5. The van der Waals surface area contributed by atoms with Crippen molar-refractivity contribution in [3.8, 4) is 11.5 Å². The fourth-order valence-electron chi connectivity index (χ4n) is 2.19. The molecule has 0 bridgehead atoms. The Morgan fingerprint density at radius 1 is 1.12 bits per heavy atom. The third-order valence-corrected chi connectivity index (χ3v) is 5.57. The third kappa shape index (κ3) is 4.20. The van der Waals surface area contributed by atoms with Crippen LogP contribution in [0.5, 0.6) is 11.5 Å². The maximum Gasteiger partial charge on any atom is 0.243 e. The van der Waals surface area contributed by atoms with Crippen molar-refractivity contribution in [3.05, 3.63) is 53.1 Å². The Morgan fingerprint density at radius 3 is 2.33 bits per heavy atom. The van der Waals surface area contributed by atoms with E-state index in [9.17, 15) is 8.42 Å². The van der Waals surface area contributed by atoms with Gasteiger partial charge >= 0.3 is 0 Å². The predicted octanol–water partition coefficient (Wildman–Crippen LogP) is 3.57. The smallest absolute Gasteiger partial charge is 0.243 e. The van der Waals surface area contributed by atoms with E-state index in [0.717, 1.165) is 11.3 Å². The lowest BCUT2D eigenvalue weighted by Gasteiger charge is -2.18. The lowest BCUT2D eigenvalue weighted by molar-refractivity contribution is 0.340. The van der Waals surface area contributed by atoms with Crippen molar-refractivity contribution in [2.75, 3.05) is 20.8 Å². The largest absolute Gasteiger partial charge is 0.495 e. The van der Waals surface area contributed by atoms with E-state index in [-0.39, 0.29) is 16.5 Å². The molecule has 0 radical (unpaired) electrons. The number of nitrogens with zero attached hydrogens (tertiary/aromatic N) is 1. The normalized spacial score (nSPS) is 11.5. The van der Waals surface area contributed by atoms with E-state index in [1.54, 1.807) is 6.07 Å². The molecule has 0 aliphatic carbocycles. The van der Waals surface area contributed by atoms with Gasteiger partial charge in [-0.3, -0.25) is 0 Å². The van der Waals surface area contributed by atoms with Gasteiger partial charge in [0.2, 0.25) is 10.0 Å². The molecule has 0 saturated carbocycles. The molecule has 0 unspecified atom stereocenters. The van der Waals surface area contributed by atoms with E-state index in [0.29, 0.717) is 12.4 Å². The van der Waals surface area contributed by atoms with Crippen molar-refractivity contribution < 1.29 is 17.9 Å². The maximum absolute atomic E-state index is 12.7. The second kappa shape index (κ2) is 7.88. The molecule has 0 aliphatic heterocycles. The molecule has 2 aromatic rings. The monoisotopic (exact) mass is 369 g/mol. The summed E-state index contributed by atoms with van der Waals surface area (Å²) >= 11 is 6.03. The molecule has 0 N–H and O–H groups in total. The number of methoxy groups -OCH3 is 1. The van der Waals surface area contributed by atoms with Crippen LogP contribution in [0.4, 0.5) is 0 Å². The summed E-state index contributed by atoms with van der Waals surface area (Å²) in [6.07, 6.45) is 0. The van der Waals surface area contributed by atoms with Crippen molar-refractivity contribution in [1.29, 1.82) is 0 Å². The van der Waals surface area contributed by atoms with Gasteiger partial charge in [0.1, 0.15) is 11.5 Å². The van der Waals surface area contributed by atoms with Crippen molar-refractivity contribution in [1.82, 2.24) is 4.31 Å². The van der Waals surface area contributed by atoms with Crippen LogP contribution in [0.3, 0.4) is 0 Å². The minimum absolute atomic E-state index is 0.127. The lowest BCUT2D eigenvalue weighted by Crippen LogP contribution is -2.26. The molecule has 0 aromatic heterocycles. The van der Waals surface area contributed by atoms with Gasteiger partial charge in [0, 0.05) is 13.6 Å². The van der Waals surface area contributed by atoms with Gasteiger partial charge in [-0.25, -0.2) is 8.42 Å². The van der Waals surface area contributed by atoms with E-state index >= 15 is 0 Å². The SMILES string of the molecule is CCOc1ccc(CN(C)S(=O)(=O)c2ccc(OC)c(Cl)c2)cc1. The molecule has 130 valence electrons. The average Bonchev–Trinajstić information content (AvgIpc) is 2.56. The van der Waals surface area contributed by atoms with Gasteiger partial charge in [0.25, 0.3) is 0 Å². The molecule has 0 spiro atoms. The summed E-state index contributed by atoms with van der Waals surface area (Å²) in [4.78, 5) is 0.127. The first-order chi connectivity index (χ1) is 11.4. The molecule has 0 amide bonds. The summed E-state index contributed by atoms with van der Waals surface area (Å²) in [5.41, 5.74) is 0.865. The molecular weight excluding hydrogens is 350 g/mol. The van der Waals surface area contributed by atoms with Gasteiger partial charge in [-0.05, 0) is 42.8 Å². The second-order valence-corrected chi connectivity index (χ2v) is 7.59. The van der Waals surface area contributed by atoms with Crippen molar-refractivity contribution in [2.24, 2.45) is 0 Å². The second-order valence-electron chi connectivity index (χ2n) is 5.13. The van der Waals surface area contributed by atoms with E-state index in [2.05, 4.69) is 0 Å². The third-order valence-electron chi connectivity index (χ3n) is 3.47. The number of hydrogen-bond acceptors (Lipinski definition) is 4. The number of hydrogen-bond donors (Lipinski definition) is 0. The molecule has 0 heterocycles. The Hall–Kier alpha value is -1.76. The van der Waals surface area contributed by atoms with Crippen LogP contribution in [0.25, 0.3) is 0 Å². The fraction of sp³-hybridized carbons (Fsp3) is 0.294. The van der Waals surface area contributed by atoms with Gasteiger partial charge in [0.15, 0.2) is 0 Å². The first-order valence-electron chi connectivity index (χ1n) is 7.40. The Balaban J connectivity index is 2.18. The predicted molar refractivity (Wildman–Crippen MR) is 94.3 cm³/mol. The highest BCUT2D eigenvalue weighted by molar-refractivity contribution is 7.89. The quantitative estimate of drug-likeness (QED) is 0.748. The number of halogens is 1. The summed E-state index contributed by atoms with van der Waals surface area (Å²) in [6.45, 7) is 2.75. The number of benzene rings is 2. The number of sulfonamides is 1. The van der Waals surface area contributed by atoms with Crippen LogP contribution in [0.15, 0.2) is 47.4 Å². The summed E-state index contributed by atoms with van der Waals surface area (Å²) in [6, 6.07) is 11.8. The molecule has 5 nitrogen and oxygen atoms in total. The maximum atomic E-state index is 12.7. The van der Waals surface area contributed by atoms with Crippen LogP contribution in [-0.2, 0) is 16.6 Å². The summed E-state index contributed by atoms with van der Waals surface area (Å²) in [5, 5.41) is 0.257. The van der Waals surface area contributed by atoms with Crippen molar-refractivity contribution in [2.45, 2.75) is 18.4 Å². The van der Waals surface area contributed by atoms with Crippen molar-refractivity contribution in [3.63, 3.8) is 0 Å². The van der Waals surface area contributed by atoms with E-state index < -0.39 is 10.0 Å². The van der Waals surface area contributed by atoms with E-state index in [1.165, 1.54) is 30.6 Å². The van der Waals surface area contributed by atoms with Crippen LogP contribution in [0, 0.1) is 0 Å². The molecule has 2 rings (SSSR count). The standard InChI is InChI=1S/C17H20ClNO4S/c1-4-23-14-7-5-13(6-8-14)12-19(2)24(20,21)15-9-10-17(22-3)16(18)11-15/h5-11H,4,12H2,1-3H3. The highest BCUT2D eigenvalue weighted by Gasteiger charge is 2.22. The molecule has 0 atom stereocenters. The molecule has 24 heavy (non-hydrogen) atoms. The van der Waals surface area contributed by atoms with Gasteiger partial charge in [-0.1, -0.05) is 23.7 Å². The minimum atomic E-state index is -3.64. The summed E-state index contributed by atoms with van der Waals surface area (Å²) < 4.78 is 37.0. The molecule has 7 heteroatoms. The van der Waals surface area contributed by atoms with Crippen LogP contribution in [0.2, 0.25) is 5.02 Å². The van der Waals surface area contributed by atoms with Crippen LogP contribution < -0.4 is 9.47 Å². The zero-order valence-corrected chi connectivity index (χ0v) is 15.4. The zero-order valence-electron chi connectivity index (χ0n) is 13.8. The Morgan fingerprint density at radius 2 is 1.79 bits per heavy atom. The topological polar surface area (TPSA) is 55.8 Å². The Kier molecular flexibility index (Phi) is 6.10. The Labute approximate surface area is 147 Å². The minimum Gasteiger partial charge on any atom is -0.495 e. The Bertz CT molecular complexity index is 791.